The van der Waals surface area contributed by atoms with Crippen LogP contribution in [0.2, 0.25) is 0 Å². The van der Waals surface area contributed by atoms with E-state index in [1.165, 1.54) is 35.1 Å². The third kappa shape index (κ3) is 3.72. The maximum Gasteiger partial charge on any atom is 0.0736 e. The third-order valence-electron chi connectivity index (χ3n) is 4.51. The highest BCUT2D eigenvalue weighted by Crippen LogP contribution is 2.40. The second-order valence-corrected chi connectivity index (χ2v) is 6.45. The third-order valence-corrected chi connectivity index (χ3v) is 4.51. The van der Waals surface area contributed by atoms with Gasteiger partial charge >= 0.3 is 0 Å². The number of hydrogen-bond acceptors (Lipinski definition) is 2. The lowest BCUT2D eigenvalue weighted by atomic mass is 10.0. The topological polar surface area (TPSA) is 22.1 Å². The summed E-state index contributed by atoms with van der Waals surface area (Å²) >= 11 is 0. The van der Waals surface area contributed by atoms with Gasteiger partial charge in [0.15, 0.2) is 0 Å². The first-order valence-electron chi connectivity index (χ1n) is 8.54. The molecule has 4 rings (SSSR count). The zero-order valence-electron chi connectivity index (χ0n) is 13.7. The lowest BCUT2D eigenvalue weighted by molar-refractivity contribution is 0.107. The van der Waals surface area contributed by atoms with Gasteiger partial charge in [0.25, 0.3) is 0 Å². The molecule has 1 heterocycles. The van der Waals surface area contributed by atoms with E-state index in [9.17, 15) is 0 Å². The van der Waals surface area contributed by atoms with Crippen molar-refractivity contribution in [3.8, 4) is 11.1 Å². The molecule has 1 aliphatic rings. The van der Waals surface area contributed by atoms with Crippen LogP contribution in [0.4, 0.5) is 0 Å². The van der Waals surface area contributed by atoms with E-state index in [-0.39, 0.29) is 0 Å². The van der Waals surface area contributed by atoms with Gasteiger partial charge in [0, 0.05) is 12.4 Å². The Morgan fingerprint density at radius 2 is 1.46 bits per heavy atom. The number of ether oxygens (including phenoxy) is 1. The van der Waals surface area contributed by atoms with E-state index in [0.29, 0.717) is 13.2 Å². The van der Waals surface area contributed by atoms with Crippen LogP contribution >= 0.6 is 0 Å². The average Bonchev–Trinajstić information content (AvgIpc) is 3.49. The van der Waals surface area contributed by atoms with E-state index in [1.54, 1.807) is 6.20 Å². The molecule has 2 aromatic carbocycles. The summed E-state index contributed by atoms with van der Waals surface area (Å²) < 4.78 is 5.76. The molecule has 0 unspecified atom stereocenters. The number of pyridine rings is 1. The van der Waals surface area contributed by atoms with E-state index in [4.69, 9.17) is 4.74 Å². The summed E-state index contributed by atoms with van der Waals surface area (Å²) in [5.74, 6) is 0.818. The molecule has 0 saturated heterocycles. The Kier molecular flexibility index (Phi) is 4.39. The first-order chi connectivity index (χ1) is 11.9. The molecule has 2 nitrogen and oxygen atoms in total. The number of benzene rings is 2. The summed E-state index contributed by atoms with van der Waals surface area (Å²) in [4.78, 5) is 4.10. The molecule has 120 valence electrons. The number of rotatable bonds is 6. The summed E-state index contributed by atoms with van der Waals surface area (Å²) in [6, 6.07) is 21.6. The highest BCUT2D eigenvalue weighted by Gasteiger charge is 2.22. The van der Waals surface area contributed by atoms with Crippen LogP contribution in [0.25, 0.3) is 11.1 Å². The van der Waals surface area contributed by atoms with Crippen LogP contribution in [0.15, 0.2) is 73.1 Å². The van der Waals surface area contributed by atoms with Crippen LogP contribution in [-0.2, 0) is 18.0 Å². The predicted octanol–water partition coefficient (Wildman–Crippen LogP) is 5.34. The quantitative estimate of drug-likeness (QED) is 0.612. The molecule has 0 spiro atoms. The molecule has 0 N–H and O–H groups in total. The van der Waals surface area contributed by atoms with E-state index in [2.05, 4.69) is 53.5 Å². The van der Waals surface area contributed by atoms with E-state index in [0.717, 1.165) is 11.5 Å². The van der Waals surface area contributed by atoms with E-state index >= 15 is 0 Å². The summed E-state index contributed by atoms with van der Waals surface area (Å²) in [5.41, 5.74) is 6.32. The molecule has 1 saturated carbocycles. The molecule has 0 aliphatic heterocycles. The van der Waals surface area contributed by atoms with Gasteiger partial charge in [0.2, 0.25) is 0 Å². The van der Waals surface area contributed by atoms with Gasteiger partial charge in [0.1, 0.15) is 0 Å². The van der Waals surface area contributed by atoms with Gasteiger partial charge < -0.3 is 4.74 Å². The zero-order valence-corrected chi connectivity index (χ0v) is 13.7. The molecule has 2 heteroatoms. The van der Waals surface area contributed by atoms with Crippen molar-refractivity contribution in [2.75, 3.05) is 0 Å². The van der Waals surface area contributed by atoms with Crippen LogP contribution in [0.3, 0.4) is 0 Å². The predicted molar refractivity (Wildman–Crippen MR) is 96.6 cm³/mol. The van der Waals surface area contributed by atoms with Crippen LogP contribution in [0.5, 0.6) is 0 Å². The molecule has 0 atom stereocenters. The largest absolute Gasteiger partial charge is 0.372 e. The maximum absolute atomic E-state index is 5.76. The van der Waals surface area contributed by atoms with Crippen molar-refractivity contribution < 1.29 is 4.74 Å². The monoisotopic (exact) mass is 315 g/mol. The summed E-state index contributed by atoms with van der Waals surface area (Å²) in [7, 11) is 0. The number of hydrogen-bond donors (Lipinski definition) is 0. The van der Waals surface area contributed by atoms with E-state index < -0.39 is 0 Å². The number of nitrogens with zero attached hydrogens (tertiary/aromatic N) is 1. The molecular formula is C22H21NO. The maximum atomic E-state index is 5.76. The van der Waals surface area contributed by atoms with E-state index in [1.807, 2.05) is 18.3 Å². The van der Waals surface area contributed by atoms with Crippen molar-refractivity contribution in [3.63, 3.8) is 0 Å². The molecule has 3 aromatic rings. The van der Waals surface area contributed by atoms with Gasteiger partial charge in [-0.15, -0.1) is 0 Å². The zero-order chi connectivity index (χ0) is 16.2. The molecule has 24 heavy (non-hydrogen) atoms. The van der Waals surface area contributed by atoms with Crippen molar-refractivity contribution in [2.45, 2.75) is 32.0 Å². The van der Waals surface area contributed by atoms with Crippen molar-refractivity contribution >= 4 is 0 Å². The molecule has 1 aliphatic carbocycles. The Labute approximate surface area is 143 Å². The fourth-order valence-electron chi connectivity index (χ4n) is 2.93. The SMILES string of the molecule is c1cncc(COCc2ccc(-c3ccc(C4CC4)cc3)cc2)c1. The Bertz CT molecular complexity index is 774. The minimum Gasteiger partial charge on any atom is -0.372 e. The van der Waals surface area contributed by atoms with Crippen LogP contribution in [-0.4, -0.2) is 4.98 Å². The van der Waals surface area contributed by atoms with Crippen LogP contribution < -0.4 is 0 Å². The normalized spacial score (nSPS) is 13.8. The van der Waals surface area contributed by atoms with Gasteiger partial charge in [-0.1, -0.05) is 54.6 Å². The summed E-state index contributed by atoms with van der Waals surface area (Å²) in [6.07, 6.45) is 6.33. The fraction of sp³-hybridized carbons (Fsp3) is 0.227. The summed E-state index contributed by atoms with van der Waals surface area (Å²) in [5, 5.41) is 0. The Balaban J connectivity index is 1.35. The second-order valence-electron chi connectivity index (χ2n) is 6.45. The summed E-state index contributed by atoms with van der Waals surface area (Å²) in [6.45, 7) is 1.22. The standard InChI is InChI=1S/C22H21NO/c1-2-18(14-23-13-1)16-24-15-17-3-5-19(6-4-17)20-7-9-21(10-8-20)22-11-12-22/h1-10,13-14,22H,11-12,15-16H2. The van der Waals surface area contributed by atoms with Gasteiger partial charge in [-0.05, 0) is 52.6 Å². The second kappa shape index (κ2) is 6.98. The Morgan fingerprint density at radius 3 is 2.08 bits per heavy atom. The first kappa shape index (κ1) is 15.1. The number of aromatic nitrogens is 1. The smallest absolute Gasteiger partial charge is 0.0736 e. The first-order valence-corrected chi connectivity index (χ1v) is 8.54. The molecular weight excluding hydrogens is 294 g/mol. The molecule has 1 aromatic heterocycles. The lowest BCUT2D eigenvalue weighted by Crippen LogP contribution is -1.94. The van der Waals surface area contributed by atoms with Gasteiger partial charge in [-0.3, -0.25) is 4.98 Å². The minimum atomic E-state index is 0.595. The van der Waals surface area contributed by atoms with Crippen LogP contribution in [0, 0.1) is 0 Å². The molecule has 0 radical (unpaired) electrons. The molecule has 0 amide bonds. The average molecular weight is 315 g/mol. The van der Waals surface area contributed by atoms with Crippen LogP contribution in [0.1, 0.15) is 35.4 Å². The van der Waals surface area contributed by atoms with Gasteiger partial charge in [-0.25, -0.2) is 0 Å². The molecule has 1 fully saturated rings. The van der Waals surface area contributed by atoms with Gasteiger partial charge in [-0.2, -0.15) is 0 Å². The van der Waals surface area contributed by atoms with Crippen molar-refractivity contribution in [1.29, 1.82) is 0 Å². The fourth-order valence-corrected chi connectivity index (χ4v) is 2.93. The Hall–Kier alpha value is -2.45. The lowest BCUT2D eigenvalue weighted by Gasteiger charge is -2.07. The molecule has 0 bridgehead atoms. The van der Waals surface area contributed by atoms with Crippen molar-refractivity contribution in [1.82, 2.24) is 4.98 Å². The highest BCUT2D eigenvalue weighted by atomic mass is 16.5. The van der Waals surface area contributed by atoms with Crippen molar-refractivity contribution in [2.24, 2.45) is 0 Å². The highest BCUT2D eigenvalue weighted by molar-refractivity contribution is 5.64. The Morgan fingerprint density at radius 1 is 0.792 bits per heavy atom. The minimum absolute atomic E-state index is 0.595. The van der Waals surface area contributed by atoms with Crippen molar-refractivity contribution in [3.05, 3.63) is 89.7 Å². The van der Waals surface area contributed by atoms with Gasteiger partial charge in [0.05, 0.1) is 13.2 Å².